The van der Waals surface area contributed by atoms with Gasteiger partial charge in [-0.05, 0) is 58.4 Å². The predicted octanol–water partition coefficient (Wildman–Crippen LogP) is 0.560. The van der Waals surface area contributed by atoms with Crippen molar-refractivity contribution in [1.29, 1.82) is 0 Å². The van der Waals surface area contributed by atoms with Gasteiger partial charge in [0, 0.05) is 26.1 Å². The van der Waals surface area contributed by atoms with E-state index in [0.29, 0.717) is 38.8 Å². The van der Waals surface area contributed by atoms with Crippen LogP contribution >= 0.6 is 0 Å². The van der Waals surface area contributed by atoms with Gasteiger partial charge in [-0.1, -0.05) is 30.3 Å². The van der Waals surface area contributed by atoms with Gasteiger partial charge in [0.1, 0.15) is 24.4 Å². The van der Waals surface area contributed by atoms with Gasteiger partial charge < -0.3 is 30.5 Å². The molecule has 3 N–H and O–H groups in total. The summed E-state index contributed by atoms with van der Waals surface area (Å²) in [6.45, 7) is 6.96. The van der Waals surface area contributed by atoms with Gasteiger partial charge in [-0.15, -0.1) is 0 Å². The van der Waals surface area contributed by atoms with Gasteiger partial charge >= 0.3 is 0 Å². The molecule has 0 spiro atoms. The zero-order valence-corrected chi connectivity index (χ0v) is 23.7. The number of nitrogens with zero attached hydrogens (tertiary/aromatic N) is 2. The molecule has 40 heavy (non-hydrogen) atoms. The molecule has 2 aliphatic rings. The van der Waals surface area contributed by atoms with Crippen molar-refractivity contribution in [2.24, 2.45) is 5.92 Å². The Morgan fingerprint density at radius 3 is 2.02 bits per heavy atom. The lowest BCUT2D eigenvalue weighted by Gasteiger charge is -2.34. The van der Waals surface area contributed by atoms with Crippen LogP contribution < -0.4 is 16.0 Å². The van der Waals surface area contributed by atoms with Crippen LogP contribution in [0.1, 0.15) is 58.9 Å². The van der Waals surface area contributed by atoms with Crippen molar-refractivity contribution < 1.29 is 28.8 Å². The van der Waals surface area contributed by atoms with Crippen molar-refractivity contribution in [1.82, 2.24) is 25.8 Å². The number of benzene rings is 1. The Kier molecular flexibility index (Phi) is 10.8. The van der Waals surface area contributed by atoms with Gasteiger partial charge in [0.15, 0.2) is 0 Å². The predicted molar refractivity (Wildman–Crippen MR) is 148 cm³/mol. The molecule has 6 unspecified atom stereocenters. The molecular weight excluding hydrogens is 514 g/mol. The van der Waals surface area contributed by atoms with E-state index in [4.69, 9.17) is 0 Å². The number of aldehydes is 1. The molecule has 0 radical (unpaired) electrons. The molecule has 2 saturated heterocycles. The summed E-state index contributed by atoms with van der Waals surface area (Å²) in [5.41, 5.74) is 0.923. The Hall–Kier alpha value is -3.76. The molecule has 11 heteroatoms. The summed E-state index contributed by atoms with van der Waals surface area (Å²) in [6.07, 6.45) is 3.79. The van der Waals surface area contributed by atoms with Gasteiger partial charge in [0.25, 0.3) is 0 Å². The molecule has 5 amide bonds. The lowest BCUT2D eigenvalue weighted by atomic mass is 9.89. The van der Waals surface area contributed by atoms with E-state index >= 15 is 0 Å². The topological polar surface area (TPSA) is 145 Å². The van der Waals surface area contributed by atoms with Crippen molar-refractivity contribution in [3.8, 4) is 0 Å². The third-order valence-corrected chi connectivity index (χ3v) is 7.69. The van der Waals surface area contributed by atoms with E-state index in [0.717, 1.165) is 18.3 Å². The van der Waals surface area contributed by atoms with Crippen LogP contribution in [0.3, 0.4) is 0 Å². The molecule has 218 valence electrons. The average molecular weight is 556 g/mol. The van der Waals surface area contributed by atoms with Gasteiger partial charge in [0.2, 0.25) is 29.5 Å². The van der Waals surface area contributed by atoms with Gasteiger partial charge in [0.05, 0.1) is 12.0 Å². The van der Waals surface area contributed by atoms with Crippen LogP contribution in [0.2, 0.25) is 0 Å². The minimum atomic E-state index is -0.860. The highest BCUT2D eigenvalue weighted by atomic mass is 16.2. The van der Waals surface area contributed by atoms with Crippen LogP contribution in [0.25, 0.3) is 0 Å². The fourth-order valence-electron chi connectivity index (χ4n) is 5.61. The molecule has 3 rings (SSSR count). The fourth-order valence-corrected chi connectivity index (χ4v) is 5.61. The van der Waals surface area contributed by atoms with Crippen molar-refractivity contribution >= 4 is 35.8 Å². The minimum absolute atomic E-state index is 0.301. The number of hydrogen-bond donors (Lipinski definition) is 3. The Morgan fingerprint density at radius 1 is 0.825 bits per heavy atom. The summed E-state index contributed by atoms with van der Waals surface area (Å²) in [7, 11) is 0. The minimum Gasteiger partial charge on any atom is -0.345 e. The molecular formula is C29H41N5O6. The normalized spacial score (nSPS) is 21.6. The number of rotatable bonds is 11. The van der Waals surface area contributed by atoms with Crippen molar-refractivity contribution in [3.05, 3.63) is 35.9 Å². The quantitative estimate of drug-likeness (QED) is 0.340. The van der Waals surface area contributed by atoms with Gasteiger partial charge in [-0.25, -0.2) is 0 Å². The fraction of sp³-hybridized carbons (Fsp3) is 0.586. The first-order valence-electron chi connectivity index (χ1n) is 14.0. The van der Waals surface area contributed by atoms with Crippen LogP contribution in [-0.2, 0) is 35.2 Å². The summed E-state index contributed by atoms with van der Waals surface area (Å²) in [4.78, 5) is 78.6. The number of amides is 5. The maximum Gasteiger partial charge on any atom is 0.245 e. The van der Waals surface area contributed by atoms with Crippen LogP contribution in [0.4, 0.5) is 0 Å². The van der Waals surface area contributed by atoms with Gasteiger partial charge in [-0.3, -0.25) is 24.0 Å². The second-order valence-corrected chi connectivity index (χ2v) is 10.8. The number of likely N-dealkylation sites (tertiary alicyclic amines) is 2. The molecule has 2 heterocycles. The Morgan fingerprint density at radius 2 is 1.40 bits per heavy atom. The lowest BCUT2D eigenvalue weighted by molar-refractivity contribution is -0.141. The summed E-state index contributed by atoms with van der Waals surface area (Å²) in [6, 6.07) is 6.09. The molecule has 2 aliphatic heterocycles. The van der Waals surface area contributed by atoms with E-state index < -0.39 is 42.0 Å². The molecule has 0 aliphatic carbocycles. The monoisotopic (exact) mass is 555 g/mol. The zero-order valence-electron chi connectivity index (χ0n) is 23.7. The van der Waals surface area contributed by atoms with E-state index in [1.165, 1.54) is 18.7 Å². The smallest absolute Gasteiger partial charge is 0.245 e. The summed E-state index contributed by atoms with van der Waals surface area (Å²) >= 11 is 0. The Labute approximate surface area is 235 Å². The number of carbonyl (C=O) groups excluding carboxylic acids is 6. The second-order valence-electron chi connectivity index (χ2n) is 10.8. The highest BCUT2D eigenvalue weighted by molar-refractivity contribution is 5.93. The molecule has 1 aromatic carbocycles. The SMILES string of the molecule is CC(=O)NC(C)C(=O)NC(C)C(=O)N1CCCC1C(Cc1ccccc1)C(=O)NC(C)C(=O)N1CCCC1C=O. The van der Waals surface area contributed by atoms with Crippen LogP contribution in [-0.4, -0.2) is 88.9 Å². The zero-order chi connectivity index (χ0) is 29.4. The maximum absolute atomic E-state index is 13.7. The van der Waals surface area contributed by atoms with Crippen LogP contribution in [0, 0.1) is 5.92 Å². The van der Waals surface area contributed by atoms with Gasteiger partial charge in [-0.2, -0.15) is 0 Å². The number of hydrogen-bond acceptors (Lipinski definition) is 6. The van der Waals surface area contributed by atoms with E-state index in [-0.39, 0.29) is 23.6 Å². The summed E-state index contributed by atoms with van der Waals surface area (Å²) in [5.74, 6) is -2.42. The third-order valence-electron chi connectivity index (χ3n) is 7.69. The first-order valence-corrected chi connectivity index (χ1v) is 14.0. The molecule has 0 aromatic heterocycles. The van der Waals surface area contributed by atoms with E-state index in [1.54, 1.807) is 18.7 Å². The Balaban J connectivity index is 1.76. The summed E-state index contributed by atoms with van der Waals surface area (Å²) < 4.78 is 0. The molecule has 11 nitrogen and oxygen atoms in total. The number of carbonyl (C=O) groups is 6. The first kappa shape index (κ1) is 30.8. The van der Waals surface area contributed by atoms with E-state index in [2.05, 4.69) is 16.0 Å². The van der Waals surface area contributed by atoms with E-state index in [9.17, 15) is 28.8 Å². The first-order chi connectivity index (χ1) is 19.0. The van der Waals surface area contributed by atoms with Crippen LogP contribution in [0.15, 0.2) is 30.3 Å². The molecule has 6 atom stereocenters. The highest BCUT2D eigenvalue weighted by Crippen LogP contribution is 2.28. The standard InChI is InChI=1S/C29H41N5O6/c1-18(30-21(4)36)26(37)31-20(3)29(40)34-15-9-13-25(34)24(16-22-10-6-5-7-11-22)27(38)32-19(2)28(39)33-14-8-12-23(33)17-35/h5-7,10-11,17-20,23-25H,8-9,12-16H2,1-4H3,(H,30,36)(H,31,37)(H,32,38). The summed E-state index contributed by atoms with van der Waals surface area (Å²) in [5, 5.41) is 8.02. The molecule has 1 aromatic rings. The molecule has 2 fully saturated rings. The van der Waals surface area contributed by atoms with Crippen molar-refractivity contribution in [2.45, 2.75) is 90.0 Å². The molecule has 0 bridgehead atoms. The largest absolute Gasteiger partial charge is 0.345 e. The van der Waals surface area contributed by atoms with E-state index in [1.807, 2.05) is 30.3 Å². The van der Waals surface area contributed by atoms with Crippen molar-refractivity contribution in [3.63, 3.8) is 0 Å². The average Bonchev–Trinajstić information content (AvgIpc) is 3.60. The lowest BCUT2D eigenvalue weighted by Crippen LogP contribution is -2.56. The Bertz CT molecular complexity index is 1100. The maximum atomic E-state index is 13.7. The van der Waals surface area contributed by atoms with Crippen molar-refractivity contribution in [2.75, 3.05) is 13.1 Å². The van der Waals surface area contributed by atoms with Crippen LogP contribution in [0.5, 0.6) is 0 Å². The second kappa shape index (κ2) is 14.0. The third kappa shape index (κ3) is 7.67. The highest BCUT2D eigenvalue weighted by Gasteiger charge is 2.41. The molecule has 0 saturated carbocycles. The number of nitrogens with one attached hydrogen (secondary N) is 3.